The van der Waals surface area contributed by atoms with E-state index >= 15 is 0 Å². The van der Waals surface area contributed by atoms with E-state index in [1.165, 1.54) is 11.3 Å². The van der Waals surface area contributed by atoms with Gasteiger partial charge in [0.2, 0.25) is 0 Å². The number of halogens is 2. The van der Waals surface area contributed by atoms with E-state index in [-0.39, 0.29) is 10.8 Å². The van der Waals surface area contributed by atoms with E-state index < -0.39 is 5.97 Å². The number of carbonyl (C=O) groups is 1. The Hall–Kier alpha value is -0.750. The van der Waals surface area contributed by atoms with Crippen molar-refractivity contribution in [3.05, 3.63) is 25.2 Å². The van der Waals surface area contributed by atoms with Crippen LogP contribution in [0.25, 0.3) is 10.4 Å². The second-order valence-corrected chi connectivity index (χ2v) is 7.59. The zero-order valence-corrected chi connectivity index (χ0v) is 13.3. The third-order valence-corrected chi connectivity index (χ3v) is 5.39. The standard InChI is InChI=1S/C12H11Cl2NO2S2/c1-4(2)7-8(15)10(12(16)17)19-9(7)5-3-6(13)18-11(5)14/h3-4H,15H2,1-2H3,(H,16,17). The first-order chi connectivity index (χ1) is 8.82. The molecule has 2 heterocycles. The highest BCUT2D eigenvalue weighted by Crippen LogP contribution is 2.47. The van der Waals surface area contributed by atoms with Crippen molar-refractivity contribution in [3.8, 4) is 10.4 Å². The van der Waals surface area contributed by atoms with Crippen molar-refractivity contribution in [2.45, 2.75) is 19.8 Å². The molecule has 0 amide bonds. The Morgan fingerprint density at radius 3 is 2.42 bits per heavy atom. The zero-order valence-electron chi connectivity index (χ0n) is 10.2. The number of nitrogens with two attached hydrogens (primary N) is 1. The summed E-state index contributed by atoms with van der Waals surface area (Å²) >= 11 is 14.5. The SMILES string of the molecule is CC(C)c1c(-c2cc(Cl)sc2Cl)sc(C(=O)O)c1N. The Morgan fingerprint density at radius 2 is 2.00 bits per heavy atom. The molecule has 0 aliphatic rings. The van der Waals surface area contributed by atoms with Gasteiger partial charge in [-0.3, -0.25) is 0 Å². The van der Waals surface area contributed by atoms with Crippen LogP contribution >= 0.6 is 45.9 Å². The van der Waals surface area contributed by atoms with Gasteiger partial charge in [-0.1, -0.05) is 37.0 Å². The van der Waals surface area contributed by atoms with Crippen LogP contribution in [0.3, 0.4) is 0 Å². The van der Waals surface area contributed by atoms with Gasteiger partial charge in [-0.05, 0) is 17.5 Å². The quantitative estimate of drug-likeness (QED) is 0.811. The number of carboxylic acids is 1. The third-order valence-electron chi connectivity index (χ3n) is 2.66. The minimum absolute atomic E-state index is 0.106. The number of nitrogen functional groups attached to an aromatic ring is 1. The summed E-state index contributed by atoms with van der Waals surface area (Å²) in [5.41, 5.74) is 7.85. The van der Waals surface area contributed by atoms with Gasteiger partial charge in [-0.25, -0.2) is 4.79 Å². The van der Waals surface area contributed by atoms with Crippen LogP contribution in [0, 0.1) is 0 Å². The number of carboxylic acid groups (broad SMARTS) is 1. The van der Waals surface area contributed by atoms with Gasteiger partial charge in [0.15, 0.2) is 0 Å². The summed E-state index contributed by atoms with van der Waals surface area (Å²) in [7, 11) is 0. The molecule has 7 heteroatoms. The van der Waals surface area contributed by atoms with Crippen LogP contribution in [0.4, 0.5) is 5.69 Å². The Bertz CT molecular complexity index is 646. The van der Waals surface area contributed by atoms with Gasteiger partial charge in [-0.2, -0.15) is 0 Å². The van der Waals surface area contributed by atoms with Crippen LogP contribution in [0.5, 0.6) is 0 Å². The minimum Gasteiger partial charge on any atom is -0.477 e. The lowest BCUT2D eigenvalue weighted by Crippen LogP contribution is -2.00. The highest BCUT2D eigenvalue weighted by Gasteiger charge is 2.25. The van der Waals surface area contributed by atoms with Crippen LogP contribution in [-0.4, -0.2) is 11.1 Å². The first kappa shape index (κ1) is 14.7. The second-order valence-electron chi connectivity index (χ2n) is 4.29. The highest BCUT2D eigenvalue weighted by molar-refractivity contribution is 7.22. The zero-order chi connectivity index (χ0) is 14.3. The van der Waals surface area contributed by atoms with Crippen molar-refractivity contribution in [2.24, 2.45) is 0 Å². The average Bonchev–Trinajstić information content (AvgIpc) is 2.78. The molecule has 3 nitrogen and oxygen atoms in total. The first-order valence-electron chi connectivity index (χ1n) is 5.43. The van der Waals surface area contributed by atoms with E-state index in [1.807, 2.05) is 13.8 Å². The first-order valence-corrected chi connectivity index (χ1v) is 7.82. The summed E-state index contributed by atoms with van der Waals surface area (Å²) in [5.74, 6) is -0.915. The number of hydrogen-bond acceptors (Lipinski definition) is 4. The molecule has 0 bridgehead atoms. The van der Waals surface area contributed by atoms with Crippen LogP contribution < -0.4 is 5.73 Å². The monoisotopic (exact) mass is 335 g/mol. The third kappa shape index (κ3) is 2.60. The molecule has 0 aliphatic heterocycles. The summed E-state index contributed by atoms with van der Waals surface area (Å²) in [6.07, 6.45) is 0. The fourth-order valence-corrected chi connectivity index (χ4v) is 4.72. The predicted octanol–water partition coefficient (Wildman–Crippen LogP) is 5.19. The van der Waals surface area contributed by atoms with Gasteiger partial charge < -0.3 is 10.8 Å². The summed E-state index contributed by atoms with van der Waals surface area (Å²) in [5, 5.41) is 9.18. The molecule has 0 aromatic carbocycles. The summed E-state index contributed by atoms with van der Waals surface area (Å²) in [6, 6.07) is 1.75. The van der Waals surface area contributed by atoms with E-state index in [9.17, 15) is 9.90 Å². The van der Waals surface area contributed by atoms with Crippen molar-refractivity contribution in [3.63, 3.8) is 0 Å². The molecular formula is C12H11Cl2NO2S2. The number of anilines is 1. The van der Waals surface area contributed by atoms with Crippen molar-refractivity contribution in [1.82, 2.24) is 0 Å². The average molecular weight is 336 g/mol. The number of hydrogen-bond donors (Lipinski definition) is 2. The van der Waals surface area contributed by atoms with Crippen molar-refractivity contribution in [2.75, 3.05) is 5.73 Å². The van der Waals surface area contributed by atoms with E-state index in [4.69, 9.17) is 28.9 Å². The highest BCUT2D eigenvalue weighted by atomic mass is 35.5. The molecule has 2 aromatic heterocycles. The molecule has 0 spiro atoms. The fourth-order valence-electron chi connectivity index (χ4n) is 1.88. The van der Waals surface area contributed by atoms with E-state index in [2.05, 4.69) is 0 Å². The topological polar surface area (TPSA) is 63.3 Å². The summed E-state index contributed by atoms with van der Waals surface area (Å²) in [4.78, 5) is 12.1. The molecule has 19 heavy (non-hydrogen) atoms. The molecule has 0 fully saturated rings. The molecule has 0 atom stereocenters. The lowest BCUT2D eigenvalue weighted by molar-refractivity contribution is 0.0703. The molecule has 102 valence electrons. The van der Waals surface area contributed by atoms with Gasteiger partial charge >= 0.3 is 5.97 Å². The van der Waals surface area contributed by atoms with Gasteiger partial charge in [0.05, 0.1) is 10.0 Å². The number of rotatable bonds is 3. The maximum Gasteiger partial charge on any atom is 0.348 e. The molecule has 0 saturated heterocycles. The number of thiophene rings is 2. The minimum atomic E-state index is -1.02. The van der Waals surface area contributed by atoms with Gasteiger partial charge in [0.1, 0.15) is 9.21 Å². The molecule has 2 aromatic rings. The lowest BCUT2D eigenvalue weighted by atomic mass is 9.99. The predicted molar refractivity (Wildman–Crippen MR) is 83.1 cm³/mol. The Morgan fingerprint density at radius 1 is 1.37 bits per heavy atom. The van der Waals surface area contributed by atoms with Gasteiger partial charge in [-0.15, -0.1) is 22.7 Å². The van der Waals surface area contributed by atoms with Crippen molar-refractivity contribution < 1.29 is 9.90 Å². The Balaban J connectivity index is 2.72. The smallest absolute Gasteiger partial charge is 0.348 e. The Kier molecular flexibility index (Phi) is 4.11. The van der Waals surface area contributed by atoms with E-state index in [1.54, 1.807) is 6.07 Å². The second kappa shape index (κ2) is 5.32. The molecule has 0 unspecified atom stereocenters. The molecule has 0 aliphatic carbocycles. The van der Waals surface area contributed by atoms with E-state index in [0.29, 0.717) is 14.4 Å². The normalized spacial score (nSPS) is 11.2. The molecule has 0 saturated carbocycles. The van der Waals surface area contributed by atoms with Gasteiger partial charge in [0, 0.05) is 10.4 Å². The van der Waals surface area contributed by atoms with Crippen LogP contribution in [0.2, 0.25) is 8.67 Å². The van der Waals surface area contributed by atoms with Crippen LogP contribution in [0.15, 0.2) is 6.07 Å². The maximum atomic E-state index is 11.2. The molecule has 0 radical (unpaired) electrons. The number of aromatic carboxylic acids is 1. The van der Waals surface area contributed by atoms with Gasteiger partial charge in [0.25, 0.3) is 0 Å². The lowest BCUT2D eigenvalue weighted by Gasteiger charge is -2.08. The maximum absolute atomic E-state index is 11.2. The molecule has 2 rings (SSSR count). The van der Waals surface area contributed by atoms with Crippen molar-refractivity contribution >= 4 is 57.5 Å². The molecule has 3 N–H and O–H groups in total. The van der Waals surface area contributed by atoms with Crippen molar-refractivity contribution in [1.29, 1.82) is 0 Å². The largest absolute Gasteiger partial charge is 0.477 e. The van der Waals surface area contributed by atoms with Crippen LogP contribution in [0.1, 0.15) is 35.0 Å². The van der Waals surface area contributed by atoms with Crippen LogP contribution in [-0.2, 0) is 0 Å². The van der Waals surface area contributed by atoms with E-state index in [0.717, 1.165) is 27.3 Å². The Labute approximate surface area is 128 Å². The fraction of sp³-hybridized carbons (Fsp3) is 0.250. The summed E-state index contributed by atoms with van der Waals surface area (Å²) < 4.78 is 1.11. The summed E-state index contributed by atoms with van der Waals surface area (Å²) in [6.45, 7) is 3.94. The molecular weight excluding hydrogens is 325 g/mol.